The van der Waals surface area contributed by atoms with Crippen molar-refractivity contribution in [1.29, 1.82) is 5.41 Å². The normalized spacial score (nSPS) is 13.9. The first-order valence-corrected chi connectivity index (χ1v) is 4.81. The van der Waals surface area contributed by atoms with Gasteiger partial charge in [-0.05, 0) is 17.7 Å². The van der Waals surface area contributed by atoms with Gasteiger partial charge >= 0.3 is 5.97 Å². The number of nitrogens with zero attached hydrogens (tertiary/aromatic N) is 1. The SMILES string of the molecule is COC(=O)CN1Cc2ccc(F)cc2C1=N. The fourth-order valence-electron chi connectivity index (χ4n) is 1.72. The van der Waals surface area contributed by atoms with Gasteiger partial charge in [0.05, 0.1) is 7.11 Å². The second-order valence-electron chi connectivity index (χ2n) is 3.58. The van der Waals surface area contributed by atoms with E-state index in [9.17, 15) is 9.18 Å². The Morgan fingerprint density at radius 2 is 2.38 bits per heavy atom. The first kappa shape index (κ1) is 10.6. The molecule has 0 aromatic heterocycles. The number of rotatable bonds is 2. The fraction of sp³-hybridized carbons (Fsp3) is 0.273. The lowest BCUT2D eigenvalue weighted by atomic mass is 10.1. The van der Waals surface area contributed by atoms with Gasteiger partial charge in [-0.3, -0.25) is 10.2 Å². The molecule has 0 saturated heterocycles. The molecule has 16 heavy (non-hydrogen) atoms. The Kier molecular flexibility index (Phi) is 2.60. The highest BCUT2D eigenvalue weighted by Gasteiger charge is 2.26. The zero-order valence-corrected chi connectivity index (χ0v) is 8.79. The number of hydrogen-bond acceptors (Lipinski definition) is 3. The molecule has 0 aliphatic carbocycles. The third kappa shape index (κ3) is 1.76. The minimum Gasteiger partial charge on any atom is -0.468 e. The molecule has 1 aromatic rings. The number of methoxy groups -OCH3 is 1. The van der Waals surface area contributed by atoms with Crippen molar-refractivity contribution in [2.75, 3.05) is 13.7 Å². The molecule has 0 spiro atoms. The van der Waals surface area contributed by atoms with Crippen LogP contribution in [0.3, 0.4) is 0 Å². The van der Waals surface area contributed by atoms with Gasteiger partial charge in [-0.2, -0.15) is 0 Å². The lowest BCUT2D eigenvalue weighted by Gasteiger charge is -2.15. The maximum atomic E-state index is 13.0. The molecule has 0 atom stereocenters. The van der Waals surface area contributed by atoms with Crippen LogP contribution in [-0.4, -0.2) is 30.4 Å². The summed E-state index contributed by atoms with van der Waals surface area (Å²) in [6.45, 7) is 0.467. The maximum Gasteiger partial charge on any atom is 0.325 e. The number of nitrogens with one attached hydrogen (secondary N) is 1. The number of halogens is 1. The number of fused-ring (bicyclic) bond motifs is 1. The number of carbonyl (C=O) groups is 1. The first-order valence-electron chi connectivity index (χ1n) is 4.81. The Bertz CT molecular complexity index is 459. The van der Waals surface area contributed by atoms with Gasteiger partial charge in [-0.1, -0.05) is 6.07 Å². The number of benzene rings is 1. The van der Waals surface area contributed by atoms with E-state index in [0.29, 0.717) is 12.1 Å². The fourth-order valence-corrected chi connectivity index (χ4v) is 1.72. The van der Waals surface area contributed by atoms with Crippen molar-refractivity contribution in [2.24, 2.45) is 0 Å². The number of amidine groups is 1. The minimum atomic E-state index is -0.405. The van der Waals surface area contributed by atoms with Gasteiger partial charge in [0.15, 0.2) is 0 Å². The predicted molar refractivity (Wildman–Crippen MR) is 55.7 cm³/mol. The van der Waals surface area contributed by atoms with Crippen LogP contribution in [0.2, 0.25) is 0 Å². The van der Waals surface area contributed by atoms with Crippen molar-refractivity contribution in [3.8, 4) is 0 Å². The average molecular weight is 222 g/mol. The van der Waals surface area contributed by atoms with Crippen molar-refractivity contribution in [3.05, 3.63) is 35.1 Å². The molecule has 0 radical (unpaired) electrons. The predicted octanol–water partition coefficient (Wildman–Crippen LogP) is 1.14. The quantitative estimate of drug-likeness (QED) is 0.763. The van der Waals surface area contributed by atoms with Gasteiger partial charge < -0.3 is 9.64 Å². The molecular weight excluding hydrogens is 211 g/mol. The van der Waals surface area contributed by atoms with Gasteiger partial charge in [0.1, 0.15) is 18.2 Å². The summed E-state index contributed by atoms with van der Waals surface area (Å²) in [6, 6.07) is 4.30. The van der Waals surface area contributed by atoms with Crippen LogP contribution in [0.1, 0.15) is 11.1 Å². The molecule has 84 valence electrons. The molecule has 0 bridgehead atoms. The second kappa shape index (κ2) is 3.92. The van der Waals surface area contributed by atoms with Gasteiger partial charge in [-0.15, -0.1) is 0 Å². The monoisotopic (exact) mass is 222 g/mol. The Balaban J connectivity index is 2.21. The zero-order valence-electron chi connectivity index (χ0n) is 8.79. The van der Waals surface area contributed by atoms with Crippen LogP contribution in [-0.2, 0) is 16.1 Å². The molecule has 1 aliphatic heterocycles. The third-order valence-corrected chi connectivity index (χ3v) is 2.55. The molecule has 0 saturated carbocycles. The van der Waals surface area contributed by atoms with Crippen molar-refractivity contribution < 1.29 is 13.9 Å². The van der Waals surface area contributed by atoms with Crippen LogP contribution in [0.4, 0.5) is 4.39 Å². The highest BCUT2D eigenvalue weighted by Crippen LogP contribution is 2.23. The van der Waals surface area contributed by atoms with Crippen LogP contribution in [0.25, 0.3) is 0 Å². The van der Waals surface area contributed by atoms with E-state index >= 15 is 0 Å². The molecule has 1 aliphatic rings. The van der Waals surface area contributed by atoms with Crippen LogP contribution >= 0.6 is 0 Å². The summed E-state index contributed by atoms with van der Waals surface area (Å²) >= 11 is 0. The standard InChI is InChI=1S/C11H11FN2O2/c1-16-10(15)6-14-5-7-2-3-8(12)4-9(7)11(14)13/h2-4,13H,5-6H2,1H3. The van der Waals surface area contributed by atoms with Crippen LogP contribution in [0, 0.1) is 11.2 Å². The number of ether oxygens (including phenoxy) is 1. The summed E-state index contributed by atoms with van der Waals surface area (Å²) < 4.78 is 17.5. The Hall–Kier alpha value is -1.91. The van der Waals surface area contributed by atoms with Gasteiger partial charge in [0.2, 0.25) is 0 Å². The van der Waals surface area contributed by atoms with E-state index in [2.05, 4.69) is 4.74 Å². The van der Waals surface area contributed by atoms with Crippen molar-refractivity contribution in [3.63, 3.8) is 0 Å². The number of hydrogen-bond donors (Lipinski definition) is 1. The second-order valence-corrected chi connectivity index (χ2v) is 3.58. The molecule has 4 nitrogen and oxygen atoms in total. The molecule has 1 N–H and O–H groups in total. The van der Waals surface area contributed by atoms with Crippen molar-refractivity contribution >= 4 is 11.8 Å². The van der Waals surface area contributed by atoms with E-state index in [1.54, 1.807) is 11.0 Å². The largest absolute Gasteiger partial charge is 0.468 e. The van der Waals surface area contributed by atoms with E-state index < -0.39 is 5.97 Å². The number of esters is 1. The lowest BCUT2D eigenvalue weighted by molar-refractivity contribution is -0.141. The average Bonchev–Trinajstić information content (AvgIpc) is 2.56. The van der Waals surface area contributed by atoms with Gasteiger partial charge in [0, 0.05) is 12.1 Å². The van der Waals surface area contributed by atoms with E-state index in [4.69, 9.17) is 5.41 Å². The topological polar surface area (TPSA) is 53.4 Å². The Labute approximate surface area is 92.1 Å². The highest BCUT2D eigenvalue weighted by molar-refractivity contribution is 6.01. The summed E-state index contributed by atoms with van der Waals surface area (Å²) in [5.41, 5.74) is 1.40. The highest BCUT2D eigenvalue weighted by atomic mass is 19.1. The summed E-state index contributed by atoms with van der Waals surface area (Å²) in [7, 11) is 1.30. The molecule has 0 unspecified atom stereocenters. The smallest absolute Gasteiger partial charge is 0.325 e. The summed E-state index contributed by atoms with van der Waals surface area (Å²) in [5.74, 6) is -0.610. The maximum absolute atomic E-state index is 13.0. The van der Waals surface area contributed by atoms with E-state index in [0.717, 1.165) is 5.56 Å². The van der Waals surface area contributed by atoms with E-state index in [1.807, 2.05) is 0 Å². The molecule has 1 aromatic carbocycles. The van der Waals surface area contributed by atoms with E-state index in [-0.39, 0.29) is 18.2 Å². The van der Waals surface area contributed by atoms with Crippen LogP contribution < -0.4 is 0 Å². The van der Waals surface area contributed by atoms with E-state index in [1.165, 1.54) is 19.2 Å². The van der Waals surface area contributed by atoms with Crippen LogP contribution in [0.5, 0.6) is 0 Å². The van der Waals surface area contributed by atoms with Crippen LogP contribution in [0.15, 0.2) is 18.2 Å². The third-order valence-electron chi connectivity index (χ3n) is 2.55. The molecule has 2 rings (SSSR count). The molecule has 0 fully saturated rings. The molecule has 5 heteroatoms. The molecule has 1 heterocycles. The summed E-state index contributed by atoms with van der Waals surface area (Å²) in [6.07, 6.45) is 0. The summed E-state index contributed by atoms with van der Waals surface area (Å²) in [5, 5.41) is 7.80. The first-order chi connectivity index (χ1) is 7.61. The van der Waals surface area contributed by atoms with Crippen molar-refractivity contribution in [2.45, 2.75) is 6.54 Å². The van der Waals surface area contributed by atoms with Gasteiger partial charge in [0.25, 0.3) is 0 Å². The number of carbonyl (C=O) groups excluding carboxylic acids is 1. The zero-order chi connectivity index (χ0) is 11.7. The Morgan fingerprint density at radius 3 is 3.06 bits per heavy atom. The Morgan fingerprint density at radius 1 is 1.62 bits per heavy atom. The molecular formula is C11H11FN2O2. The molecule has 0 amide bonds. The van der Waals surface area contributed by atoms with Gasteiger partial charge in [-0.25, -0.2) is 4.39 Å². The lowest BCUT2D eigenvalue weighted by Crippen LogP contribution is -2.30. The summed E-state index contributed by atoms with van der Waals surface area (Å²) in [4.78, 5) is 12.6. The van der Waals surface area contributed by atoms with Crippen molar-refractivity contribution in [1.82, 2.24) is 4.90 Å². The minimum absolute atomic E-state index is 0.0195.